The van der Waals surface area contributed by atoms with Crippen molar-refractivity contribution in [2.45, 2.75) is 32.9 Å². The lowest BCUT2D eigenvalue weighted by Gasteiger charge is -2.09. The maximum absolute atomic E-state index is 11.5. The summed E-state index contributed by atoms with van der Waals surface area (Å²) in [4.78, 5) is 15.5. The zero-order chi connectivity index (χ0) is 15.1. The Labute approximate surface area is 125 Å². The van der Waals surface area contributed by atoms with Gasteiger partial charge in [0.05, 0.1) is 6.33 Å². The smallest absolute Gasteiger partial charge is 0.221 e. The molecule has 2 rings (SSSR count). The number of nitrogens with one attached hydrogen (secondary N) is 2. The molecule has 5 heteroatoms. The monoisotopic (exact) mass is 286 g/mol. The van der Waals surface area contributed by atoms with Gasteiger partial charge in [0, 0.05) is 43.6 Å². The molecule has 0 atom stereocenters. The Morgan fingerprint density at radius 2 is 2.05 bits per heavy atom. The third-order valence-corrected chi connectivity index (χ3v) is 3.05. The van der Waals surface area contributed by atoms with E-state index in [0.29, 0.717) is 13.0 Å². The zero-order valence-corrected chi connectivity index (χ0v) is 12.5. The van der Waals surface area contributed by atoms with Gasteiger partial charge in [-0.2, -0.15) is 0 Å². The van der Waals surface area contributed by atoms with Gasteiger partial charge in [0.15, 0.2) is 0 Å². The third kappa shape index (κ3) is 5.04. The molecule has 1 amide bonds. The molecule has 0 spiro atoms. The van der Waals surface area contributed by atoms with Crippen molar-refractivity contribution in [3.63, 3.8) is 0 Å². The van der Waals surface area contributed by atoms with Crippen LogP contribution in [0.3, 0.4) is 0 Å². The van der Waals surface area contributed by atoms with Crippen molar-refractivity contribution in [3.8, 4) is 5.69 Å². The molecular weight excluding hydrogens is 264 g/mol. The number of amides is 1. The minimum Gasteiger partial charge on any atom is -0.354 e. The topological polar surface area (TPSA) is 59.0 Å². The number of benzene rings is 1. The minimum atomic E-state index is 0.0907. The van der Waals surface area contributed by atoms with E-state index in [4.69, 9.17) is 0 Å². The van der Waals surface area contributed by atoms with Crippen LogP contribution in [0.4, 0.5) is 0 Å². The fraction of sp³-hybridized carbons (Fsp3) is 0.375. The molecule has 2 aromatic rings. The molecule has 0 fully saturated rings. The lowest BCUT2D eigenvalue weighted by Crippen LogP contribution is -2.32. The van der Waals surface area contributed by atoms with Crippen LogP contribution in [-0.4, -0.2) is 28.0 Å². The SMILES string of the molecule is CC(C)NC(=O)CCNCc1ccc(-n2ccnc2)cc1. The molecular formula is C16H22N4O. The van der Waals surface area contributed by atoms with Crippen molar-refractivity contribution >= 4 is 5.91 Å². The molecule has 0 radical (unpaired) electrons. The standard InChI is InChI=1S/C16H22N4O/c1-13(2)19-16(21)7-8-17-11-14-3-5-15(6-4-14)20-10-9-18-12-20/h3-6,9-10,12-13,17H,7-8,11H2,1-2H3,(H,19,21). The van der Waals surface area contributed by atoms with Gasteiger partial charge < -0.3 is 15.2 Å². The summed E-state index contributed by atoms with van der Waals surface area (Å²) in [5.74, 6) is 0.0907. The van der Waals surface area contributed by atoms with Gasteiger partial charge in [-0.25, -0.2) is 4.98 Å². The summed E-state index contributed by atoms with van der Waals surface area (Å²) >= 11 is 0. The predicted molar refractivity (Wildman–Crippen MR) is 83.2 cm³/mol. The lowest BCUT2D eigenvalue weighted by molar-refractivity contribution is -0.121. The second-order valence-electron chi connectivity index (χ2n) is 5.29. The summed E-state index contributed by atoms with van der Waals surface area (Å²) in [6, 6.07) is 8.48. The highest BCUT2D eigenvalue weighted by Crippen LogP contribution is 2.09. The molecule has 1 heterocycles. The van der Waals surface area contributed by atoms with Crippen molar-refractivity contribution in [1.82, 2.24) is 20.2 Å². The zero-order valence-electron chi connectivity index (χ0n) is 12.5. The highest BCUT2D eigenvalue weighted by molar-refractivity contribution is 5.76. The summed E-state index contributed by atoms with van der Waals surface area (Å²) in [7, 11) is 0. The minimum absolute atomic E-state index is 0.0907. The van der Waals surface area contributed by atoms with Gasteiger partial charge in [-0.3, -0.25) is 4.79 Å². The second-order valence-corrected chi connectivity index (χ2v) is 5.29. The van der Waals surface area contributed by atoms with Crippen LogP contribution in [0.25, 0.3) is 5.69 Å². The van der Waals surface area contributed by atoms with Gasteiger partial charge in [0.2, 0.25) is 5.91 Å². The highest BCUT2D eigenvalue weighted by Gasteiger charge is 2.02. The average molecular weight is 286 g/mol. The van der Waals surface area contributed by atoms with Gasteiger partial charge in [0.25, 0.3) is 0 Å². The molecule has 1 aromatic heterocycles. The summed E-state index contributed by atoms with van der Waals surface area (Å²) in [6.07, 6.45) is 5.96. The van der Waals surface area contributed by atoms with Gasteiger partial charge in [-0.1, -0.05) is 12.1 Å². The van der Waals surface area contributed by atoms with Gasteiger partial charge in [-0.15, -0.1) is 0 Å². The Morgan fingerprint density at radius 3 is 2.67 bits per heavy atom. The van der Waals surface area contributed by atoms with E-state index < -0.39 is 0 Å². The van der Waals surface area contributed by atoms with Crippen LogP contribution in [-0.2, 0) is 11.3 Å². The van der Waals surface area contributed by atoms with E-state index >= 15 is 0 Å². The van der Waals surface area contributed by atoms with E-state index in [9.17, 15) is 4.79 Å². The molecule has 0 aliphatic carbocycles. The first-order valence-electron chi connectivity index (χ1n) is 7.22. The summed E-state index contributed by atoms with van der Waals surface area (Å²) < 4.78 is 1.97. The molecule has 0 saturated carbocycles. The summed E-state index contributed by atoms with van der Waals surface area (Å²) in [5, 5.41) is 6.16. The number of imidazole rings is 1. The maximum Gasteiger partial charge on any atom is 0.221 e. The quantitative estimate of drug-likeness (QED) is 0.764. The molecule has 0 bridgehead atoms. The van der Waals surface area contributed by atoms with Crippen LogP contribution < -0.4 is 10.6 Å². The lowest BCUT2D eigenvalue weighted by atomic mass is 10.2. The van der Waals surface area contributed by atoms with Crippen molar-refractivity contribution in [2.24, 2.45) is 0 Å². The van der Waals surface area contributed by atoms with E-state index in [-0.39, 0.29) is 11.9 Å². The van der Waals surface area contributed by atoms with Crippen molar-refractivity contribution in [3.05, 3.63) is 48.5 Å². The number of rotatable bonds is 7. The molecule has 0 saturated heterocycles. The number of aromatic nitrogens is 2. The number of carbonyl (C=O) groups is 1. The molecule has 0 aliphatic rings. The second kappa shape index (κ2) is 7.59. The fourth-order valence-corrected chi connectivity index (χ4v) is 2.03. The fourth-order valence-electron chi connectivity index (χ4n) is 2.03. The van der Waals surface area contributed by atoms with Crippen LogP contribution in [0.5, 0.6) is 0 Å². The van der Waals surface area contributed by atoms with Gasteiger partial charge in [0.1, 0.15) is 0 Å². The molecule has 2 N–H and O–H groups in total. The Balaban J connectivity index is 1.73. The van der Waals surface area contributed by atoms with Crippen LogP contribution in [0.15, 0.2) is 43.0 Å². The first kappa shape index (κ1) is 15.3. The molecule has 112 valence electrons. The Bertz CT molecular complexity index is 546. The average Bonchev–Trinajstić information content (AvgIpc) is 2.98. The molecule has 1 aromatic carbocycles. The van der Waals surface area contributed by atoms with E-state index in [1.807, 2.05) is 24.6 Å². The van der Waals surface area contributed by atoms with Crippen molar-refractivity contribution in [2.75, 3.05) is 6.54 Å². The van der Waals surface area contributed by atoms with Crippen LogP contribution in [0, 0.1) is 0 Å². The summed E-state index contributed by atoms with van der Waals surface area (Å²) in [5.41, 5.74) is 2.29. The Kier molecular flexibility index (Phi) is 5.51. The molecule has 0 unspecified atom stereocenters. The number of hydrogen-bond donors (Lipinski definition) is 2. The van der Waals surface area contributed by atoms with Crippen molar-refractivity contribution in [1.29, 1.82) is 0 Å². The van der Waals surface area contributed by atoms with Gasteiger partial charge >= 0.3 is 0 Å². The van der Waals surface area contributed by atoms with E-state index in [0.717, 1.165) is 12.2 Å². The van der Waals surface area contributed by atoms with Crippen LogP contribution in [0.1, 0.15) is 25.8 Å². The third-order valence-electron chi connectivity index (χ3n) is 3.05. The van der Waals surface area contributed by atoms with E-state index in [2.05, 4.69) is 39.9 Å². The molecule has 21 heavy (non-hydrogen) atoms. The Hall–Kier alpha value is -2.14. The predicted octanol–water partition coefficient (Wildman–Crippen LogP) is 1.88. The van der Waals surface area contributed by atoms with Gasteiger partial charge in [-0.05, 0) is 31.5 Å². The first-order chi connectivity index (χ1) is 10.1. The molecule has 5 nitrogen and oxygen atoms in total. The van der Waals surface area contributed by atoms with Crippen LogP contribution in [0.2, 0.25) is 0 Å². The van der Waals surface area contributed by atoms with E-state index in [1.165, 1.54) is 5.56 Å². The summed E-state index contributed by atoms with van der Waals surface area (Å²) in [6.45, 7) is 5.38. The number of nitrogens with zero attached hydrogens (tertiary/aromatic N) is 2. The highest BCUT2D eigenvalue weighted by atomic mass is 16.1. The van der Waals surface area contributed by atoms with Crippen LogP contribution >= 0.6 is 0 Å². The number of hydrogen-bond acceptors (Lipinski definition) is 3. The Morgan fingerprint density at radius 1 is 1.29 bits per heavy atom. The van der Waals surface area contributed by atoms with Crippen molar-refractivity contribution < 1.29 is 4.79 Å². The number of carbonyl (C=O) groups excluding carboxylic acids is 1. The maximum atomic E-state index is 11.5. The first-order valence-corrected chi connectivity index (χ1v) is 7.22. The van der Waals surface area contributed by atoms with E-state index in [1.54, 1.807) is 12.5 Å². The normalized spacial score (nSPS) is 10.8. The largest absolute Gasteiger partial charge is 0.354 e. The molecule has 0 aliphatic heterocycles.